The van der Waals surface area contributed by atoms with Crippen molar-refractivity contribution in [2.75, 3.05) is 17.2 Å². The topological polar surface area (TPSA) is 177 Å². The first kappa shape index (κ1) is 35.2. The fourth-order valence-electron chi connectivity index (χ4n) is 5.62. The van der Waals surface area contributed by atoms with Crippen LogP contribution in [0.3, 0.4) is 0 Å². The van der Waals surface area contributed by atoms with E-state index in [1.54, 1.807) is 56.9 Å². The van der Waals surface area contributed by atoms with Crippen LogP contribution in [0.2, 0.25) is 0 Å². The predicted octanol–water partition coefficient (Wildman–Crippen LogP) is 4.43. The molecular formula is C33H49N5O7S. The molecule has 2 saturated carbocycles. The first-order valence-electron chi connectivity index (χ1n) is 16.3. The summed E-state index contributed by atoms with van der Waals surface area (Å²) in [5.41, 5.74) is 6.22. The molecule has 5 N–H and O–H groups in total. The Kier molecular flexibility index (Phi) is 11.1. The summed E-state index contributed by atoms with van der Waals surface area (Å²) >= 11 is 0. The Morgan fingerprint density at radius 1 is 1.09 bits per heavy atom. The highest BCUT2D eigenvalue weighted by atomic mass is 32.2. The van der Waals surface area contributed by atoms with Crippen LogP contribution in [0, 0.1) is 11.8 Å². The summed E-state index contributed by atoms with van der Waals surface area (Å²) < 4.78 is 31.4. The van der Waals surface area contributed by atoms with E-state index in [9.17, 15) is 27.6 Å². The highest BCUT2D eigenvalue weighted by molar-refractivity contribution is 7.91. The predicted molar refractivity (Wildman–Crippen MR) is 176 cm³/mol. The molecule has 0 unspecified atom stereocenters. The second kappa shape index (κ2) is 14.4. The number of hydrogen-bond acceptors (Lipinski definition) is 8. The number of carbonyl (C=O) groups excluding carboxylic acids is 4. The molecule has 1 aliphatic heterocycles. The number of nitrogens with zero attached hydrogens (tertiary/aromatic N) is 1. The van der Waals surface area contributed by atoms with Crippen LogP contribution in [0.25, 0.3) is 0 Å². The summed E-state index contributed by atoms with van der Waals surface area (Å²) in [4.78, 5) is 51.6. The lowest BCUT2D eigenvalue weighted by molar-refractivity contribution is -0.138. The van der Waals surface area contributed by atoms with Crippen molar-refractivity contribution in [3.8, 4) is 0 Å². The van der Waals surface area contributed by atoms with Crippen LogP contribution >= 0.6 is 0 Å². The van der Waals surface area contributed by atoms with Crippen molar-refractivity contribution in [3.05, 3.63) is 36.4 Å². The molecule has 0 aromatic heterocycles. The van der Waals surface area contributed by atoms with Gasteiger partial charge < -0.3 is 20.7 Å². The van der Waals surface area contributed by atoms with Gasteiger partial charge in [-0.25, -0.2) is 13.2 Å². The van der Waals surface area contributed by atoms with Crippen molar-refractivity contribution in [3.63, 3.8) is 0 Å². The highest BCUT2D eigenvalue weighted by Crippen LogP contribution is 2.44. The van der Waals surface area contributed by atoms with Crippen LogP contribution in [0.15, 0.2) is 36.4 Å². The van der Waals surface area contributed by atoms with Crippen LogP contribution in [0.4, 0.5) is 16.2 Å². The van der Waals surface area contributed by atoms with E-state index >= 15 is 0 Å². The number of benzene rings is 1. The maximum Gasteiger partial charge on any atom is 0.412 e. The number of allylic oxidation sites excluding steroid dienone is 2. The summed E-state index contributed by atoms with van der Waals surface area (Å²) in [7, 11) is -3.61. The molecule has 2 aliphatic carbocycles. The molecule has 1 saturated heterocycles. The van der Waals surface area contributed by atoms with Crippen molar-refractivity contribution in [2.45, 2.75) is 114 Å². The largest absolute Gasteiger partial charge is 0.444 e. The Balaban J connectivity index is 1.25. The van der Waals surface area contributed by atoms with E-state index in [-0.39, 0.29) is 17.7 Å². The lowest BCUT2D eigenvalue weighted by atomic mass is 10.0. The van der Waals surface area contributed by atoms with Gasteiger partial charge in [-0.3, -0.25) is 24.4 Å². The summed E-state index contributed by atoms with van der Waals surface area (Å²) in [6.07, 6.45) is 10.5. The number of nitrogens with two attached hydrogens (primary N) is 1. The van der Waals surface area contributed by atoms with E-state index in [1.807, 2.05) is 12.2 Å². The van der Waals surface area contributed by atoms with Crippen LogP contribution in [0.5, 0.6) is 0 Å². The van der Waals surface area contributed by atoms with Gasteiger partial charge in [0.25, 0.3) is 0 Å². The van der Waals surface area contributed by atoms with Crippen molar-refractivity contribution >= 4 is 45.2 Å². The van der Waals surface area contributed by atoms with Gasteiger partial charge in [-0.1, -0.05) is 25.0 Å². The Labute approximate surface area is 272 Å². The molecule has 4 atom stereocenters. The quantitative estimate of drug-likeness (QED) is 0.158. The van der Waals surface area contributed by atoms with E-state index < -0.39 is 50.4 Å². The molecule has 0 radical (unpaired) electrons. The molecule has 1 heterocycles. The molecular weight excluding hydrogens is 610 g/mol. The number of anilines is 2. The number of carbonyl (C=O) groups is 4. The van der Waals surface area contributed by atoms with Crippen molar-refractivity contribution in [1.82, 2.24) is 9.62 Å². The zero-order valence-corrected chi connectivity index (χ0v) is 28.2. The number of amides is 4. The molecule has 13 heteroatoms. The molecule has 12 nitrogen and oxygen atoms in total. The van der Waals surface area contributed by atoms with Crippen molar-refractivity contribution in [1.29, 1.82) is 0 Å². The second-order valence-corrected chi connectivity index (χ2v) is 16.2. The molecule has 0 bridgehead atoms. The minimum Gasteiger partial charge on any atom is -0.444 e. The molecule has 254 valence electrons. The van der Waals surface area contributed by atoms with E-state index in [4.69, 9.17) is 10.5 Å². The molecule has 46 heavy (non-hydrogen) atoms. The van der Waals surface area contributed by atoms with E-state index in [0.717, 1.165) is 32.1 Å². The summed E-state index contributed by atoms with van der Waals surface area (Å²) in [5.74, 6) is -1.28. The molecule has 4 amide bonds. The number of unbranched alkanes of at least 4 members (excludes halogenated alkanes) is 3. The Hall–Kier alpha value is -3.61. The number of hydrogen-bond donors (Lipinski definition) is 4. The number of ether oxygens (including phenoxy) is 1. The van der Waals surface area contributed by atoms with Crippen LogP contribution in [0.1, 0.15) is 91.9 Å². The lowest BCUT2D eigenvalue weighted by Crippen LogP contribution is -2.49. The Bertz CT molecular complexity index is 1420. The smallest absolute Gasteiger partial charge is 0.412 e. The van der Waals surface area contributed by atoms with Gasteiger partial charge in [-0.2, -0.15) is 0 Å². The highest BCUT2D eigenvalue weighted by Gasteiger charge is 2.52. The van der Waals surface area contributed by atoms with E-state index in [1.165, 1.54) is 0 Å². The number of rotatable bonds is 15. The number of nitrogens with one attached hydrogen (secondary N) is 3. The molecule has 1 aromatic rings. The lowest BCUT2D eigenvalue weighted by Gasteiger charge is -2.28. The number of sulfonamides is 1. The van der Waals surface area contributed by atoms with Gasteiger partial charge in [-0.05, 0) is 109 Å². The minimum absolute atomic E-state index is 0.0674. The maximum atomic E-state index is 13.6. The Morgan fingerprint density at radius 2 is 1.76 bits per heavy atom. The average molecular weight is 660 g/mol. The van der Waals surface area contributed by atoms with Gasteiger partial charge in [-0.15, -0.1) is 0 Å². The van der Waals surface area contributed by atoms with E-state index in [0.29, 0.717) is 50.0 Å². The number of primary amides is 1. The zero-order valence-electron chi connectivity index (χ0n) is 27.3. The first-order valence-corrected chi connectivity index (χ1v) is 17.8. The second-order valence-electron chi connectivity index (χ2n) is 14.0. The van der Waals surface area contributed by atoms with Gasteiger partial charge in [0.2, 0.25) is 27.7 Å². The average Bonchev–Trinajstić information content (AvgIpc) is 3.86. The molecule has 1 aromatic carbocycles. The normalized spacial score (nSPS) is 22.6. The van der Waals surface area contributed by atoms with Gasteiger partial charge in [0, 0.05) is 23.8 Å². The SMILES string of the molecule is CC(C)(C)OC(=O)Nc1ccc(N[C@@H](CCCCC/C=C\[C@@H]2C[C@@H]2C(=O)NS(=O)(=O)C2(C)CC2)C(=O)N2CCC[C@H]2C(N)=O)cc1. The third-order valence-electron chi connectivity index (χ3n) is 8.79. The molecule has 0 spiro atoms. The van der Waals surface area contributed by atoms with Gasteiger partial charge in [0.15, 0.2) is 0 Å². The van der Waals surface area contributed by atoms with E-state index in [2.05, 4.69) is 15.4 Å². The van der Waals surface area contributed by atoms with Crippen molar-refractivity contribution in [2.24, 2.45) is 17.6 Å². The van der Waals surface area contributed by atoms with Gasteiger partial charge in [0.1, 0.15) is 17.7 Å². The molecule has 3 fully saturated rings. The maximum absolute atomic E-state index is 13.6. The minimum atomic E-state index is -3.61. The van der Waals surface area contributed by atoms with Crippen LogP contribution in [-0.2, 0) is 29.1 Å². The summed E-state index contributed by atoms with van der Waals surface area (Å²) in [5, 5.41) is 6.02. The Morgan fingerprint density at radius 3 is 2.39 bits per heavy atom. The molecule has 3 aliphatic rings. The van der Waals surface area contributed by atoms with Crippen LogP contribution < -0.4 is 21.1 Å². The third-order valence-corrected chi connectivity index (χ3v) is 11.0. The summed E-state index contributed by atoms with van der Waals surface area (Å²) in [6, 6.07) is 5.85. The standard InChI is InChI=1S/C33H49N5O7S/c1-32(2,3)45-31(42)36-24-16-14-23(15-17-24)35-26(30(41)38-20-10-13-27(38)28(34)39)12-9-7-5-6-8-11-22-21-25(22)29(40)37-46(43,44)33(4)18-19-33/h8,11,14-17,22,25-27,35H,5-7,9-10,12-13,18-21H2,1-4H3,(H2,34,39)(H,36,42)(H,37,40)/b11-8-/t22-,25+,26+,27+/m1/s1. The third kappa shape index (κ3) is 9.70. The monoisotopic (exact) mass is 659 g/mol. The molecule has 4 rings (SSSR count). The first-order chi connectivity index (χ1) is 21.6. The van der Waals surface area contributed by atoms with Gasteiger partial charge in [0.05, 0.1) is 4.75 Å². The van der Waals surface area contributed by atoms with Crippen LogP contribution in [-0.4, -0.2) is 66.1 Å². The fourth-order valence-corrected chi connectivity index (χ4v) is 6.92. The number of likely N-dealkylation sites (tertiary alicyclic amines) is 1. The van der Waals surface area contributed by atoms with Gasteiger partial charge >= 0.3 is 6.09 Å². The van der Waals surface area contributed by atoms with Crippen molar-refractivity contribution < 1.29 is 32.3 Å². The fraction of sp³-hybridized carbons (Fsp3) is 0.636. The summed E-state index contributed by atoms with van der Waals surface area (Å²) in [6.45, 7) is 7.51. The zero-order chi connectivity index (χ0) is 33.7.